The van der Waals surface area contributed by atoms with Gasteiger partial charge >= 0.3 is 0 Å². The van der Waals surface area contributed by atoms with Crippen molar-refractivity contribution in [3.05, 3.63) is 108 Å². The molecule has 1 aromatic heterocycles. The zero-order chi connectivity index (χ0) is 21.2. The normalized spacial score (nSPS) is 16.1. The summed E-state index contributed by atoms with van der Waals surface area (Å²) in [5.74, 6) is 0.247. The van der Waals surface area contributed by atoms with Crippen molar-refractivity contribution < 1.29 is 9.18 Å². The Morgan fingerprint density at radius 1 is 0.935 bits per heavy atom. The van der Waals surface area contributed by atoms with Gasteiger partial charge in [0.05, 0.1) is 17.1 Å². The van der Waals surface area contributed by atoms with Crippen LogP contribution in [0.2, 0.25) is 0 Å². The van der Waals surface area contributed by atoms with Crippen LogP contribution in [0.15, 0.2) is 91.1 Å². The van der Waals surface area contributed by atoms with E-state index >= 15 is 0 Å². The topological polar surface area (TPSA) is 38.1 Å². The van der Waals surface area contributed by atoms with Gasteiger partial charge in [0.2, 0.25) is 5.91 Å². The van der Waals surface area contributed by atoms with E-state index in [2.05, 4.69) is 0 Å². The van der Waals surface area contributed by atoms with E-state index in [0.717, 1.165) is 28.1 Å². The minimum atomic E-state index is -0.288. The predicted octanol–water partition coefficient (Wildman–Crippen LogP) is 5.45. The number of rotatable bonds is 5. The van der Waals surface area contributed by atoms with E-state index in [4.69, 9.17) is 5.10 Å². The molecule has 1 fully saturated rings. The number of carbonyl (C=O) groups is 1. The third-order valence-corrected chi connectivity index (χ3v) is 6.55. The van der Waals surface area contributed by atoms with Crippen LogP contribution in [0.5, 0.6) is 0 Å². The Balaban J connectivity index is 1.58. The third-order valence-electron chi connectivity index (χ3n) is 5.31. The zero-order valence-electron chi connectivity index (χ0n) is 16.7. The molecule has 3 aromatic carbocycles. The van der Waals surface area contributed by atoms with E-state index in [1.54, 1.807) is 23.9 Å². The Hall–Kier alpha value is -3.38. The van der Waals surface area contributed by atoms with Crippen molar-refractivity contribution in [3.8, 4) is 16.9 Å². The van der Waals surface area contributed by atoms with Crippen LogP contribution in [-0.2, 0) is 11.3 Å². The van der Waals surface area contributed by atoms with Gasteiger partial charge in [-0.2, -0.15) is 5.10 Å². The van der Waals surface area contributed by atoms with E-state index in [-0.39, 0.29) is 17.1 Å². The Morgan fingerprint density at radius 3 is 2.32 bits per heavy atom. The van der Waals surface area contributed by atoms with Crippen molar-refractivity contribution >= 4 is 17.7 Å². The SMILES string of the molecule is O=C1CS[C@@H](c2cn(-c3ccccc3)nc2-c2ccc(F)cc2)N1Cc1ccccc1. The average molecular weight is 430 g/mol. The molecule has 4 aromatic rings. The number of amides is 1. The van der Waals surface area contributed by atoms with Crippen LogP contribution in [0.3, 0.4) is 0 Å². The maximum atomic E-state index is 13.5. The molecule has 154 valence electrons. The van der Waals surface area contributed by atoms with Crippen LogP contribution in [0.4, 0.5) is 4.39 Å². The summed E-state index contributed by atoms with van der Waals surface area (Å²) in [4.78, 5) is 14.7. The standard InChI is InChI=1S/C25H20FN3OS/c26-20-13-11-19(12-14-20)24-22(16-29(27-24)21-9-5-2-6-10-21)25-28(23(30)17-31-25)15-18-7-3-1-4-8-18/h1-14,16,25H,15,17H2/t25-/m0/s1. The summed E-state index contributed by atoms with van der Waals surface area (Å²) >= 11 is 1.60. The Morgan fingerprint density at radius 2 is 1.61 bits per heavy atom. The molecule has 0 unspecified atom stereocenters. The van der Waals surface area contributed by atoms with Crippen LogP contribution < -0.4 is 0 Å². The molecule has 0 N–H and O–H groups in total. The van der Waals surface area contributed by atoms with Crippen LogP contribution in [0, 0.1) is 5.82 Å². The number of nitrogens with zero attached hydrogens (tertiary/aromatic N) is 3. The number of hydrogen-bond donors (Lipinski definition) is 0. The van der Waals surface area contributed by atoms with Crippen molar-refractivity contribution in [2.75, 3.05) is 5.75 Å². The van der Waals surface area contributed by atoms with Crippen molar-refractivity contribution in [2.45, 2.75) is 11.9 Å². The maximum absolute atomic E-state index is 13.5. The van der Waals surface area contributed by atoms with E-state index in [9.17, 15) is 9.18 Å². The summed E-state index contributed by atoms with van der Waals surface area (Å²) in [6.07, 6.45) is 1.99. The lowest BCUT2D eigenvalue weighted by molar-refractivity contribution is -0.128. The Kier molecular flexibility index (Phi) is 5.30. The van der Waals surface area contributed by atoms with Crippen LogP contribution >= 0.6 is 11.8 Å². The molecule has 0 radical (unpaired) electrons. The third kappa shape index (κ3) is 3.99. The fraction of sp³-hybridized carbons (Fsp3) is 0.120. The highest BCUT2D eigenvalue weighted by atomic mass is 32.2. The summed E-state index contributed by atoms with van der Waals surface area (Å²) in [6, 6.07) is 26.2. The minimum absolute atomic E-state index is 0.108. The van der Waals surface area contributed by atoms with E-state index in [1.807, 2.05) is 76.4 Å². The van der Waals surface area contributed by atoms with E-state index in [1.165, 1.54) is 12.1 Å². The number of thioether (sulfide) groups is 1. The lowest BCUT2D eigenvalue weighted by atomic mass is 10.1. The summed E-state index contributed by atoms with van der Waals surface area (Å²) in [5, 5.41) is 4.67. The van der Waals surface area contributed by atoms with Gasteiger partial charge in [0.15, 0.2) is 0 Å². The quantitative estimate of drug-likeness (QED) is 0.423. The summed E-state index contributed by atoms with van der Waals surface area (Å²) in [7, 11) is 0. The van der Waals surface area contributed by atoms with Crippen LogP contribution in [-0.4, -0.2) is 26.3 Å². The van der Waals surface area contributed by atoms with Gasteiger partial charge in [-0.05, 0) is 42.0 Å². The highest BCUT2D eigenvalue weighted by molar-refractivity contribution is 8.00. The average Bonchev–Trinajstić information content (AvgIpc) is 3.40. The van der Waals surface area contributed by atoms with Crippen LogP contribution in [0.1, 0.15) is 16.5 Å². The second-order valence-corrected chi connectivity index (χ2v) is 8.46. The number of halogens is 1. The Bertz CT molecular complexity index is 1190. The molecule has 6 heteroatoms. The van der Waals surface area contributed by atoms with Gasteiger partial charge in [-0.3, -0.25) is 4.79 Å². The monoisotopic (exact) mass is 429 g/mol. The van der Waals surface area contributed by atoms with Crippen molar-refractivity contribution in [1.29, 1.82) is 0 Å². The molecule has 0 saturated carbocycles. The van der Waals surface area contributed by atoms with Crippen molar-refractivity contribution in [1.82, 2.24) is 14.7 Å². The predicted molar refractivity (Wildman–Crippen MR) is 121 cm³/mol. The van der Waals surface area contributed by atoms with E-state index < -0.39 is 0 Å². The number of hydrogen-bond acceptors (Lipinski definition) is 3. The van der Waals surface area contributed by atoms with Crippen molar-refractivity contribution in [3.63, 3.8) is 0 Å². The van der Waals surface area contributed by atoms with Gasteiger partial charge in [0.1, 0.15) is 11.2 Å². The largest absolute Gasteiger partial charge is 0.321 e. The van der Waals surface area contributed by atoms with Gasteiger partial charge in [0.25, 0.3) is 0 Å². The van der Waals surface area contributed by atoms with Gasteiger partial charge < -0.3 is 4.90 Å². The zero-order valence-corrected chi connectivity index (χ0v) is 17.5. The molecule has 0 spiro atoms. The Labute approximate surface area is 184 Å². The molecule has 2 heterocycles. The highest BCUT2D eigenvalue weighted by Crippen LogP contribution is 2.43. The lowest BCUT2D eigenvalue weighted by Crippen LogP contribution is -2.27. The molecular formula is C25H20FN3OS. The highest BCUT2D eigenvalue weighted by Gasteiger charge is 2.35. The molecule has 0 aliphatic carbocycles. The molecule has 1 atom stereocenters. The number of benzene rings is 3. The summed E-state index contributed by atoms with van der Waals surface area (Å²) in [6.45, 7) is 0.538. The summed E-state index contributed by atoms with van der Waals surface area (Å²) < 4.78 is 15.4. The first-order valence-corrected chi connectivity index (χ1v) is 11.1. The van der Waals surface area contributed by atoms with E-state index in [0.29, 0.717) is 12.3 Å². The molecule has 1 aliphatic heterocycles. The number of aromatic nitrogens is 2. The first-order chi connectivity index (χ1) is 15.2. The molecule has 31 heavy (non-hydrogen) atoms. The number of para-hydroxylation sites is 1. The van der Waals surface area contributed by atoms with Gasteiger partial charge in [-0.1, -0.05) is 48.5 Å². The van der Waals surface area contributed by atoms with Crippen molar-refractivity contribution in [2.24, 2.45) is 0 Å². The smallest absolute Gasteiger partial charge is 0.234 e. The molecular weight excluding hydrogens is 409 g/mol. The fourth-order valence-corrected chi connectivity index (χ4v) is 4.97. The summed E-state index contributed by atoms with van der Waals surface area (Å²) in [5.41, 5.74) is 4.55. The van der Waals surface area contributed by atoms with Gasteiger partial charge in [-0.15, -0.1) is 11.8 Å². The molecule has 1 aliphatic rings. The van der Waals surface area contributed by atoms with Gasteiger partial charge in [-0.25, -0.2) is 9.07 Å². The number of carbonyl (C=O) groups excluding carboxylic acids is 1. The first-order valence-electron chi connectivity index (χ1n) is 10.0. The molecule has 4 nitrogen and oxygen atoms in total. The maximum Gasteiger partial charge on any atom is 0.234 e. The first kappa shape index (κ1) is 19.6. The molecule has 5 rings (SSSR count). The fourth-order valence-electron chi connectivity index (χ4n) is 3.78. The second kappa shape index (κ2) is 8.40. The second-order valence-electron chi connectivity index (χ2n) is 7.39. The minimum Gasteiger partial charge on any atom is -0.321 e. The molecule has 1 saturated heterocycles. The van der Waals surface area contributed by atoms with Crippen LogP contribution in [0.25, 0.3) is 16.9 Å². The molecule has 0 bridgehead atoms. The lowest BCUT2D eigenvalue weighted by Gasteiger charge is -2.24. The molecule has 1 amide bonds. The van der Waals surface area contributed by atoms with Gasteiger partial charge in [0, 0.05) is 23.9 Å².